The van der Waals surface area contributed by atoms with Crippen molar-refractivity contribution >= 4 is 11.6 Å². The van der Waals surface area contributed by atoms with Crippen molar-refractivity contribution in [2.24, 2.45) is 11.7 Å². The molecule has 2 rings (SSSR count). The summed E-state index contributed by atoms with van der Waals surface area (Å²) in [6, 6.07) is 6.75. The maximum atomic E-state index is 12.3. The summed E-state index contributed by atoms with van der Waals surface area (Å²) in [7, 11) is 0. The molecular weight excluding hydrogens is 236 g/mol. The minimum absolute atomic E-state index is 0.0466. The largest absolute Gasteiger partial charge is 0.330 e. The summed E-state index contributed by atoms with van der Waals surface area (Å²) < 4.78 is 0. The van der Waals surface area contributed by atoms with Gasteiger partial charge in [0.05, 0.1) is 0 Å². The lowest BCUT2D eigenvalue weighted by atomic mass is 10.0. The summed E-state index contributed by atoms with van der Waals surface area (Å²) in [4.78, 5) is 14.2. The molecule has 0 bridgehead atoms. The van der Waals surface area contributed by atoms with Crippen molar-refractivity contribution in [1.82, 2.24) is 0 Å². The second-order valence-electron chi connectivity index (χ2n) is 5.77. The Hall–Kier alpha value is -1.35. The summed E-state index contributed by atoms with van der Waals surface area (Å²) in [5, 5.41) is 0. The monoisotopic (exact) mass is 260 g/mol. The number of rotatable bonds is 4. The van der Waals surface area contributed by atoms with Crippen molar-refractivity contribution in [2.45, 2.75) is 46.1 Å². The third kappa shape index (κ3) is 2.81. The first kappa shape index (κ1) is 14.1. The molecule has 1 heterocycles. The SMILES string of the molecule is CC(C)C(=O)N1c2ccc(CCCN)cc2CC1C. The van der Waals surface area contributed by atoms with Gasteiger partial charge in [-0.3, -0.25) is 4.79 Å². The summed E-state index contributed by atoms with van der Waals surface area (Å²) in [5.41, 5.74) is 9.28. The van der Waals surface area contributed by atoms with E-state index >= 15 is 0 Å². The summed E-state index contributed by atoms with van der Waals surface area (Å²) in [6.07, 6.45) is 3.00. The molecule has 1 amide bonds. The summed E-state index contributed by atoms with van der Waals surface area (Å²) in [5.74, 6) is 0.270. The van der Waals surface area contributed by atoms with E-state index in [1.165, 1.54) is 11.1 Å². The lowest BCUT2D eigenvalue weighted by Gasteiger charge is -2.24. The molecule has 1 aliphatic heterocycles. The van der Waals surface area contributed by atoms with Crippen LogP contribution in [0, 0.1) is 5.92 Å². The van der Waals surface area contributed by atoms with Crippen molar-refractivity contribution in [3.8, 4) is 0 Å². The van der Waals surface area contributed by atoms with E-state index in [9.17, 15) is 4.79 Å². The quantitative estimate of drug-likeness (QED) is 0.904. The molecule has 2 N–H and O–H groups in total. The Balaban J connectivity index is 2.25. The van der Waals surface area contributed by atoms with Gasteiger partial charge in [0.15, 0.2) is 0 Å². The highest BCUT2D eigenvalue weighted by atomic mass is 16.2. The van der Waals surface area contributed by atoms with E-state index in [1.807, 2.05) is 18.7 Å². The predicted octanol–water partition coefficient (Wildman–Crippen LogP) is 2.51. The molecule has 0 aliphatic carbocycles. The fourth-order valence-electron chi connectivity index (χ4n) is 2.76. The molecule has 19 heavy (non-hydrogen) atoms. The Morgan fingerprint density at radius 2 is 2.21 bits per heavy atom. The van der Waals surface area contributed by atoms with E-state index in [0.29, 0.717) is 0 Å². The Morgan fingerprint density at radius 3 is 2.84 bits per heavy atom. The number of hydrogen-bond donors (Lipinski definition) is 1. The zero-order valence-corrected chi connectivity index (χ0v) is 12.1. The van der Waals surface area contributed by atoms with E-state index in [1.54, 1.807) is 0 Å². The number of aryl methyl sites for hydroxylation is 1. The van der Waals surface area contributed by atoms with E-state index in [0.717, 1.165) is 31.5 Å². The Kier molecular flexibility index (Phi) is 4.25. The van der Waals surface area contributed by atoms with Gasteiger partial charge in [-0.1, -0.05) is 26.0 Å². The first-order chi connectivity index (χ1) is 9.04. The molecule has 1 aromatic rings. The lowest BCUT2D eigenvalue weighted by Crippen LogP contribution is -2.38. The molecule has 3 nitrogen and oxygen atoms in total. The number of benzene rings is 1. The van der Waals surface area contributed by atoms with E-state index in [-0.39, 0.29) is 17.9 Å². The minimum Gasteiger partial charge on any atom is -0.330 e. The molecule has 0 aromatic heterocycles. The second kappa shape index (κ2) is 5.74. The van der Waals surface area contributed by atoms with Gasteiger partial charge in [-0.25, -0.2) is 0 Å². The number of nitrogens with two attached hydrogens (primary N) is 1. The zero-order chi connectivity index (χ0) is 14.0. The molecule has 3 heteroatoms. The van der Waals surface area contributed by atoms with E-state index < -0.39 is 0 Å². The number of fused-ring (bicyclic) bond motifs is 1. The van der Waals surface area contributed by atoms with Crippen LogP contribution >= 0.6 is 0 Å². The topological polar surface area (TPSA) is 46.3 Å². The number of hydrogen-bond acceptors (Lipinski definition) is 2. The van der Waals surface area contributed by atoms with E-state index in [4.69, 9.17) is 5.73 Å². The van der Waals surface area contributed by atoms with Gasteiger partial charge >= 0.3 is 0 Å². The van der Waals surface area contributed by atoms with E-state index in [2.05, 4.69) is 25.1 Å². The number of amides is 1. The molecule has 0 saturated carbocycles. The number of anilines is 1. The third-order valence-corrected chi connectivity index (χ3v) is 3.76. The standard InChI is InChI=1S/C16H24N2O/c1-11(2)16(19)18-12(3)9-14-10-13(5-4-8-17)6-7-15(14)18/h6-7,10-12H,4-5,8-9,17H2,1-3H3. The molecule has 1 atom stereocenters. The Bertz CT molecular complexity index is 468. The number of carbonyl (C=O) groups is 1. The van der Waals surface area contributed by atoms with Crippen LogP contribution in [0.25, 0.3) is 0 Å². The molecule has 1 unspecified atom stereocenters. The molecule has 1 aliphatic rings. The first-order valence-electron chi connectivity index (χ1n) is 7.19. The highest BCUT2D eigenvalue weighted by Crippen LogP contribution is 2.34. The van der Waals surface area contributed by atoms with Gasteiger partial charge in [0, 0.05) is 17.6 Å². The second-order valence-corrected chi connectivity index (χ2v) is 5.77. The van der Waals surface area contributed by atoms with Gasteiger partial charge in [0.25, 0.3) is 0 Å². The van der Waals surface area contributed by atoms with Gasteiger partial charge in [0.2, 0.25) is 5.91 Å². The fraction of sp³-hybridized carbons (Fsp3) is 0.562. The van der Waals surface area contributed by atoms with Crippen LogP contribution in [0.3, 0.4) is 0 Å². The Morgan fingerprint density at radius 1 is 1.47 bits per heavy atom. The third-order valence-electron chi connectivity index (χ3n) is 3.76. The molecule has 0 spiro atoms. The molecule has 0 fully saturated rings. The number of carbonyl (C=O) groups excluding carboxylic acids is 1. The molecular formula is C16H24N2O. The van der Waals surface area contributed by atoms with Crippen LogP contribution in [0.15, 0.2) is 18.2 Å². The maximum absolute atomic E-state index is 12.3. The Labute approximate surface area is 115 Å². The fourth-order valence-corrected chi connectivity index (χ4v) is 2.76. The van der Waals surface area contributed by atoms with Gasteiger partial charge in [-0.15, -0.1) is 0 Å². The minimum atomic E-state index is 0.0466. The molecule has 104 valence electrons. The van der Waals surface area contributed by atoms with Crippen molar-refractivity contribution in [1.29, 1.82) is 0 Å². The molecule has 0 radical (unpaired) electrons. The van der Waals surface area contributed by atoms with Gasteiger partial charge in [0.1, 0.15) is 0 Å². The van der Waals surface area contributed by atoms with Crippen molar-refractivity contribution in [3.05, 3.63) is 29.3 Å². The normalized spacial score (nSPS) is 17.9. The van der Waals surface area contributed by atoms with Gasteiger partial charge in [-0.05, 0) is 49.9 Å². The van der Waals surface area contributed by atoms with Crippen LogP contribution in [0.4, 0.5) is 5.69 Å². The average Bonchev–Trinajstić information content (AvgIpc) is 2.70. The predicted molar refractivity (Wildman–Crippen MR) is 79.3 cm³/mol. The molecule has 0 saturated heterocycles. The zero-order valence-electron chi connectivity index (χ0n) is 12.1. The number of nitrogens with zero attached hydrogens (tertiary/aromatic N) is 1. The van der Waals surface area contributed by atoms with Crippen LogP contribution in [-0.4, -0.2) is 18.5 Å². The van der Waals surface area contributed by atoms with Crippen LogP contribution in [0.1, 0.15) is 38.3 Å². The van der Waals surface area contributed by atoms with Crippen molar-refractivity contribution in [3.63, 3.8) is 0 Å². The van der Waals surface area contributed by atoms with Crippen LogP contribution < -0.4 is 10.6 Å². The van der Waals surface area contributed by atoms with Crippen molar-refractivity contribution in [2.75, 3.05) is 11.4 Å². The van der Waals surface area contributed by atoms with Crippen LogP contribution in [0.2, 0.25) is 0 Å². The summed E-state index contributed by atoms with van der Waals surface area (Å²) >= 11 is 0. The van der Waals surface area contributed by atoms with Gasteiger partial charge < -0.3 is 10.6 Å². The van der Waals surface area contributed by atoms with Crippen molar-refractivity contribution < 1.29 is 4.79 Å². The highest BCUT2D eigenvalue weighted by molar-refractivity contribution is 5.97. The molecule has 1 aromatic carbocycles. The van der Waals surface area contributed by atoms with Gasteiger partial charge in [-0.2, -0.15) is 0 Å². The maximum Gasteiger partial charge on any atom is 0.229 e. The lowest BCUT2D eigenvalue weighted by molar-refractivity contribution is -0.121. The van der Waals surface area contributed by atoms with Crippen LogP contribution in [0.5, 0.6) is 0 Å². The highest BCUT2D eigenvalue weighted by Gasteiger charge is 2.31. The smallest absolute Gasteiger partial charge is 0.229 e. The first-order valence-corrected chi connectivity index (χ1v) is 7.19. The average molecular weight is 260 g/mol. The summed E-state index contributed by atoms with van der Waals surface area (Å²) in [6.45, 7) is 6.77. The van der Waals surface area contributed by atoms with Crippen LogP contribution in [-0.2, 0) is 17.6 Å².